The predicted molar refractivity (Wildman–Crippen MR) is 107 cm³/mol. The number of nitrogens with two attached hydrogens (primary N) is 1. The van der Waals surface area contributed by atoms with Crippen LogP contribution in [0.1, 0.15) is 50.9 Å². The van der Waals surface area contributed by atoms with Crippen molar-refractivity contribution in [3.05, 3.63) is 24.0 Å². The smallest absolute Gasteiger partial charge is 0.319 e. The van der Waals surface area contributed by atoms with Gasteiger partial charge in [-0.15, -0.1) is 0 Å². The molecule has 2 aromatic heterocycles. The maximum Gasteiger partial charge on any atom is 0.319 e. The summed E-state index contributed by atoms with van der Waals surface area (Å²) in [5, 5.41) is 23.8. The zero-order chi connectivity index (χ0) is 20.7. The summed E-state index contributed by atoms with van der Waals surface area (Å²) in [5.74, 6) is -0.598. The van der Waals surface area contributed by atoms with Crippen molar-refractivity contribution in [3.8, 4) is 0 Å². The zero-order valence-electron chi connectivity index (χ0n) is 16.7. The first-order chi connectivity index (χ1) is 13.1. The van der Waals surface area contributed by atoms with Crippen LogP contribution in [0.5, 0.6) is 0 Å². The van der Waals surface area contributed by atoms with Crippen LogP contribution in [0.4, 0.5) is 16.2 Å². The molecule has 9 heteroatoms. The van der Waals surface area contributed by atoms with Crippen molar-refractivity contribution >= 4 is 28.8 Å². The van der Waals surface area contributed by atoms with Crippen LogP contribution in [0.3, 0.4) is 0 Å². The molecule has 2 aromatic rings. The summed E-state index contributed by atoms with van der Waals surface area (Å²) in [6.07, 6.45) is 4.47. The van der Waals surface area contributed by atoms with Gasteiger partial charge in [-0.05, 0) is 32.8 Å². The van der Waals surface area contributed by atoms with E-state index in [1.807, 2.05) is 27.7 Å². The molecule has 1 saturated carbocycles. The minimum atomic E-state index is -0.826. The summed E-state index contributed by atoms with van der Waals surface area (Å²) >= 11 is 0. The molecule has 1 aliphatic carbocycles. The van der Waals surface area contributed by atoms with Crippen molar-refractivity contribution in [2.75, 3.05) is 17.2 Å². The van der Waals surface area contributed by atoms with E-state index >= 15 is 0 Å². The van der Waals surface area contributed by atoms with Crippen LogP contribution in [-0.2, 0) is 0 Å². The molecule has 0 aromatic carbocycles. The lowest BCUT2D eigenvalue weighted by atomic mass is 9.76. The van der Waals surface area contributed by atoms with Gasteiger partial charge in [-0.3, -0.25) is 4.79 Å². The third-order valence-electron chi connectivity index (χ3n) is 6.00. The number of aromatic nitrogens is 2. The van der Waals surface area contributed by atoms with Crippen LogP contribution >= 0.6 is 0 Å². The molecule has 3 amide bonds. The third-order valence-corrected chi connectivity index (χ3v) is 6.00. The molecule has 9 nitrogen and oxygen atoms in total. The lowest BCUT2D eigenvalue weighted by molar-refractivity contribution is -0.0283. The Balaban J connectivity index is 2.01. The fourth-order valence-corrected chi connectivity index (χ4v) is 3.71. The molecule has 6 N–H and O–H groups in total. The van der Waals surface area contributed by atoms with Crippen molar-refractivity contribution in [2.45, 2.75) is 52.2 Å². The topological polar surface area (TPSA) is 134 Å². The van der Waals surface area contributed by atoms with Gasteiger partial charge in [-0.1, -0.05) is 13.8 Å². The van der Waals surface area contributed by atoms with Crippen LogP contribution in [0.15, 0.2) is 18.5 Å². The molecule has 2 atom stereocenters. The van der Waals surface area contributed by atoms with Gasteiger partial charge in [0.05, 0.1) is 40.4 Å². The van der Waals surface area contributed by atoms with Gasteiger partial charge in [-0.2, -0.15) is 5.10 Å². The minimum Gasteiger partial charge on any atom is -0.390 e. The molecule has 0 saturated heterocycles. The summed E-state index contributed by atoms with van der Waals surface area (Å²) in [6.45, 7) is 8.17. The lowest BCUT2D eigenvalue weighted by Crippen LogP contribution is -2.45. The zero-order valence-corrected chi connectivity index (χ0v) is 16.7. The van der Waals surface area contributed by atoms with E-state index in [1.54, 1.807) is 16.8 Å². The number of nitrogens with zero attached hydrogens (tertiary/aromatic N) is 2. The molecule has 0 bridgehead atoms. The number of amides is 3. The van der Waals surface area contributed by atoms with E-state index in [0.29, 0.717) is 29.9 Å². The van der Waals surface area contributed by atoms with E-state index in [-0.39, 0.29) is 17.6 Å². The number of urea groups is 1. The van der Waals surface area contributed by atoms with Crippen LogP contribution in [-0.4, -0.2) is 44.8 Å². The normalized spacial score (nSPS) is 23.5. The Bertz CT molecular complexity index is 918. The van der Waals surface area contributed by atoms with Crippen molar-refractivity contribution in [1.82, 2.24) is 14.9 Å². The fourth-order valence-electron chi connectivity index (χ4n) is 3.71. The van der Waals surface area contributed by atoms with Gasteiger partial charge in [0.2, 0.25) is 0 Å². The van der Waals surface area contributed by atoms with Crippen LogP contribution in [0.25, 0.3) is 5.52 Å². The van der Waals surface area contributed by atoms with E-state index in [1.165, 1.54) is 6.20 Å². The molecule has 1 aliphatic rings. The Morgan fingerprint density at radius 2 is 2.11 bits per heavy atom. The molecule has 0 spiro atoms. The van der Waals surface area contributed by atoms with Crippen molar-refractivity contribution < 1.29 is 14.7 Å². The summed E-state index contributed by atoms with van der Waals surface area (Å²) < 4.78 is 1.58. The second-order valence-corrected chi connectivity index (χ2v) is 8.07. The number of primary amides is 1. The minimum absolute atomic E-state index is 0.0681. The van der Waals surface area contributed by atoms with Gasteiger partial charge in [-0.25, -0.2) is 9.31 Å². The highest BCUT2D eigenvalue weighted by molar-refractivity contribution is 6.02. The average molecular weight is 388 g/mol. The predicted octanol–water partition coefficient (Wildman–Crippen LogP) is 1.93. The summed E-state index contributed by atoms with van der Waals surface area (Å²) in [5.41, 5.74) is 6.29. The van der Waals surface area contributed by atoms with E-state index in [4.69, 9.17) is 5.73 Å². The highest BCUT2D eigenvalue weighted by Gasteiger charge is 2.50. The first kappa shape index (κ1) is 19.9. The number of carbonyl (C=O) groups excluding carboxylic acids is 2. The largest absolute Gasteiger partial charge is 0.390 e. The molecule has 0 radical (unpaired) electrons. The summed E-state index contributed by atoms with van der Waals surface area (Å²) in [6, 6.07) is 1.34. The number of rotatable bonds is 5. The van der Waals surface area contributed by atoms with Gasteiger partial charge in [0.15, 0.2) is 0 Å². The Morgan fingerprint density at radius 1 is 1.39 bits per heavy atom. The SMILES string of the molecule is CCNC(=O)Nc1cc2c(N[C@@H]3CC[C@@](C)(O)C3(C)C)c(C(N)=O)cnn2c1. The molecular formula is C19H28N6O3. The molecule has 1 fully saturated rings. The van der Waals surface area contributed by atoms with Gasteiger partial charge in [0.25, 0.3) is 5.91 Å². The Labute approximate surface area is 163 Å². The first-order valence-electron chi connectivity index (χ1n) is 9.42. The second-order valence-electron chi connectivity index (χ2n) is 8.07. The quantitative estimate of drug-likeness (QED) is 0.534. The monoisotopic (exact) mass is 388 g/mol. The van der Waals surface area contributed by atoms with Gasteiger partial charge in [0.1, 0.15) is 0 Å². The average Bonchev–Trinajstić information content (AvgIpc) is 3.08. The van der Waals surface area contributed by atoms with Crippen LogP contribution < -0.4 is 21.7 Å². The Kier molecular flexibility index (Phi) is 4.97. The van der Waals surface area contributed by atoms with Crippen LogP contribution in [0, 0.1) is 5.41 Å². The number of nitrogens with one attached hydrogen (secondary N) is 3. The molecule has 2 heterocycles. The Hall–Kier alpha value is -2.81. The summed E-state index contributed by atoms with van der Waals surface area (Å²) in [7, 11) is 0. The second kappa shape index (κ2) is 6.97. The standard InChI is InChI=1S/C19H28N6O3/c1-5-21-17(27)23-11-8-13-15(12(16(20)26)9-22-25(13)10-11)24-14-6-7-19(4,28)18(14,2)3/h8-10,14,24,28H,5-7H2,1-4H3,(H2,20,26)(H2,21,23,27)/t14-,19-/m1/s1. The van der Waals surface area contributed by atoms with Crippen molar-refractivity contribution in [1.29, 1.82) is 0 Å². The van der Waals surface area contributed by atoms with Gasteiger partial charge in [0, 0.05) is 18.0 Å². The fraction of sp³-hybridized carbons (Fsp3) is 0.526. The van der Waals surface area contributed by atoms with E-state index < -0.39 is 16.9 Å². The maximum atomic E-state index is 12.0. The van der Waals surface area contributed by atoms with Crippen molar-refractivity contribution in [2.24, 2.45) is 11.1 Å². The highest BCUT2D eigenvalue weighted by atomic mass is 16.3. The number of fused-ring (bicyclic) bond motifs is 1. The molecule has 0 unspecified atom stereocenters. The summed E-state index contributed by atoms with van der Waals surface area (Å²) in [4.78, 5) is 23.8. The van der Waals surface area contributed by atoms with Crippen LogP contribution in [0.2, 0.25) is 0 Å². The van der Waals surface area contributed by atoms with Gasteiger partial charge < -0.3 is 26.8 Å². The number of hydrogen-bond acceptors (Lipinski definition) is 5. The number of anilines is 2. The Morgan fingerprint density at radius 3 is 2.68 bits per heavy atom. The number of carbonyl (C=O) groups is 2. The van der Waals surface area contributed by atoms with Crippen molar-refractivity contribution in [3.63, 3.8) is 0 Å². The van der Waals surface area contributed by atoms with E-state index in [9.17, 15) is 14.7 Å². The third kappa shape index (κ3) is 3.37. The first-order valence-corrected chi connectivity index (χ1v) is 9.42. The molecular weight excluding hydrogens is 360 g/mol. The molecule has 28 heavy (non-hydrogen) atoms. The van der Waals surface area contributed by atoms with Gasteiger partial charge >= 0.3 is 6.03 Å². The lowest BCUT2D eigenvalue weighted by Gasteiger charge is -2.38. The number of aliphatic hydroxyl groups is 1. The van der Waals surface area contributed by atoms with E-state index in [2.05, 4.69) is 21.0 Å². The van der Waals surface area contributed by atoms with E-state index in [0.717, 1.165) is 6.42 Å². The molecule has 0 aliphatic heterocycles. The molecule has 3 rings (SSSR count). The molecule has 152 valence electrons. The highest BCUT2D eigenvalue weighted by Crippen LogP contribution is 2.47. The maximum absolute atomic E-state index is 12.0. The number of hydrogen-bond donors (Lipinski definition) is 5.